The summed E-state index contributed by atoms with van der Waals surface area (Å²) in [5.41, 5.74) is 3.48. The van der Waals surface area contributed by atoms with Crippen LogP contribution in [0.3, 0.4) is 0 Å². The molecule has 0 saturated heterocycles. The van der Waals surface area contributed by atoms with Gasteiger partial charge in [-0.1, -0.05) is 30.3 Å². The molecule has 0 aliphatic carbocycles. The third-order valence-corrected chi connectivity index (χ3v) is 4.51. The predicted molar refractivity (Wildman–Crippen MR) is 110 cm³/mol. The first-order valence-corrected chi connectivity index (χ1v) is 9.38. The normalized spacial score (nSPS) is 13.0. The second-order valence-corrected chi connectivity index (χ2v) is 6.87. The second-order valence-electron chi connectivity index (χ2n) is 6.87. The molecule has 2 aromatic heterocycles. The molecule has 1 aromatic carbocycles. The van der Waals surface area contributed by atoms with Gasteiger partial charge in [-0.3, -0.25) is 4.79 Å². The zero-order valence-electron chi connectivity index (χ0n) is 16.4. The van der Waals surface area contributed by atoms with Crippen molar-refractivity contribution in [1.82, 2.24) is 20.3 Å². The third-order valence-electron chi connectivity index (χ3n) is 4.51. The summed E-state index contributed by atoms with van der Waals surface area (Å²) < 4.78 is 0. The number of nitrogens with one attached hydrogen (secondary N) is 3. The molecule has 3 aromatic rings. The molecule has 2 unspecified atom stereocenters. The Balaban J connectivity index is 1.78. The number of aliphatic hydroxyl groups excluding tert-OH is 2. The smallest absolute Gasteiger partial charge is 0.268 e. The zero-order chi connectivity index (χ0) is 20.8. The maximum atomic E-state index is 12.6. The summed E-state index contributed by atoms with van der Waals surface area (Å²) in [6.45, 7) is 3.48. The van der Waals surface area contributed by atoms with Gasteiger partial charge in [0.2, 0.25) is 5.95 Å². The van der Waals surface area contributed by atoms with E-state index < -0.39 is 6.04 Å². The number of aryl methyl sites for hydroxylation is 1. The molecule has 29 heavy (non-hydrogen) atoms. The molecule has 152 valence electrons. The third kappa shape index (κ3) is 4.98. The number of carbonyl (C=O) groups excluding carboxylic acids is 1. The van der Waals surface area contributed by atoms with Crippen molar-refractivity contribution >= 4 is 11.9 Å². The van der Waals surface area contributed by atoms with E-state index >= 15 is 0 Å². The van der Waals surface area contributed by atoms with E-state index in [0.29, 0.717) is 17.3 Å². The molecule has 0 radical (unpaired) electrons. The van der Waals surface area contributed by atoms with E-state index in [-0.39, 0.29) is 25.2 Å². The molecule has 1 amide bonds. The van der Waals surface area contributed by atoms with Crippen LogP contribution in [0.15, 0.2) is 48.8 Å². The average Bonchev–Trinajstić information content (AvgIpc) is 3.24. The number of aromatic nitrogens is 3. The van der Waals surface area contributed by atoms with Gasteiger partial charge in [0.15, 0.2) is 0 Å². The SMILES string of the molecule is Cc1cnc(NC(C)CO)nc1-c1c[nH]c(C(=O)NC(CO)c2ccccc2)c1. The summed E-state index contributed by atoms with van der Waals surface area (Å²) in [5.74, 6) is 0.0851. The lowest BCUT2D eigenvalue weighted by atomic mass is 10.1. The summed E-state index contributed by atoms with van der Waals surface area (Å²) in [6, 6.07) is 10.4. The second kappa shape index (κ2) is 9.31. The van der Waals surface area contributed by atoms with Crippen LogP contribution in [0.25, 0.3) is 11.3 Å². The van der Waals surface area contributed by atoms with Gasteiger partial charge in [0.05, 0.1) is 24.9 Å². The molecule has 2 atom stereocenters. The molecule has 0 fully saturated rings. The first-order chi connectivity index (χ1) is 14.0. The van der Waals surface area contributed by atoms with Crippen molar-refractivity contribution in [2.45, 2.75) is 25.9 Å². The fourth-order valence-corrected chi connectivity index (χ4v) is 2.89. The average molecular weight is 395 g/mol. The number of amides is 1. The van der Waals surface area contributed by atoms with Crippen LogP contribution >= 0.6 is 0 Å². The maximum Gasteiger partial charge on any atom is 0.268 e. The highest BCUT2D eigenvalue weighted by molar-refractivity contribution is 5.94. The van der Waals surface area contributed by atoms with E-state index in [1.54, 1.807) is 18.5 Å². The van der Waals surface area contributed by atoms with Gasteiger partial charge >= 0.3 is 0 Å². The van der Waals surface area contributed by atoms with E-state index in [9.17, 15) is 15.0 Å². The van der Waals surface area contributed by atoms with Crippen LogP contribution < -0.4 is 10.6 Å². The van der Waals surface area contributed by atoms with Gasteiger partial charge in [-0.15, -0.1) is 0 Å². The van der Waals surface area contributed by atoms with Crippen molar-refractivity contribution in [1.29, 1.82) is 0 Å². The topological polar surface area (TPSA) is 123 Å². The number of hydrogen-bond acceptors (Lipinski definition) is 6. The van der Waals surface area contributed by atoms with Crippen LogP contribution in [0.5, 0.6) is 0 Å². The predicted octanol–water partition coefficient (Wildman–Crippen LogP) is 2.04. The van der Waals surface area contributed by atoms with Gasteiger partial charge in [0, 0.05) is 24.0 Å². The Morgan fingerprint density at radius 3 is 2.66 bits per heavy atom. The lowest BCUT2D eigenvalue weighted by molar-refractivity contribution is 0.0911. The number of aliphatic hydroxyl groups is 2. The summed E-state index contributed by atoms with van der Waals surface area (Å²) in [5, 5.41) is 24.7. The quantitative estimate of drug-likeness (QED) is 0.398. The van der Waals surface area contributed by atoms with Crippen LogP contribution in [0.2, 0.25) is 0 Å². The molecule has 0 spiro atoms. The number of rotatable bonds is 8. The standard InChI is InChI=1S/C21H25N5O3/c1-13-9-23-21(24-14(2)11-27)26-19(13)16-8-17(22-10-16)20(29)25-18(12-28)15-6-4-3-5-7-15/h3-10,14,18,22,27-28H,11-12H2,1-2H3,(H,25,29)(H,23,24,26). The molecule has 5 N–H and O–H groups in total. The Bertz CT molecular complexity index is 958. The Morgan fingerprint density at radius 1 is 1.21 bits per heavy atom. The lowest BCUT2D eigenvalue weighted by Crippen LogP contribution is -2.30. The van der Waals surface area contributed by atoms with E-state index in [1.807, 2.05) is 44.2 Å². The molecule has 0 bridgehead atoms. The van der Waals surface area contributed by atoms with Gasteiger partial charge in [-0.2, -0.15) is 0 Å². The molecular formula is C21H25N5O3. The minimum absolute atomic E-state index is 0.0333. The van der Waals surface area contributed by atoms with Gasteiger partial charge in [-0.05, 0) is 31.0 Å². The molecule has 0 aliphatic rings. The Kier molecular flexibility index (Phi) is 6.58. The Hall–Kier alpha value is -3.23. The fourth-order valence-electron chi connectivity index (χ4n) is 2.89. The van der Waals surface area contributed by atoms with Gasteiger partial charge in [-0.25, -0.2) is 9.97 Å². The number of carbonyl (C=O) groups is 1. The highest BCUT2D eigenvalue weighted by atomic mass is 16.3. The van der Waals surface area contributed by atoms with Crippen molar-refractivity contribution in [2.75, 3.05) is 18.5 Å². The molecule has 0 aliphatic heterocycles. The number of aromatic amines is 1. The molecule has 3 rings (SSSR count). The van der Waals surface area contributed by atoms with Crippen molar-refractivity contribution in [3.05, 3.63) is 65.6 Å². The highest BCUT2D eigenvalue weighted by Crippen LogP contribution is 2.23. The summed E-state index contributed by atoms with van der Waals surface area (Å²) in [7, 11) is 0. The van der Waals surface area contributed by atoms with Crippen molar-refractivity contribution in [3.63, 3.8) is 0 Å². The van der Waals surface area contributed by atoms with Crippen molar-refractivity contribution in [2.24, 2.45) is 0 Å². The first-order valence-electron chi connectivity index (χ1n) is 9.38. The summed E-state index contributed by atoms with van der Waals surface area (Å²) in [6.07, 6.45) is 3.40. The number of nitrogens with zero attached hydrogens (tertiary/aromatic N) is 2. The monoisotopic (exact) mass is 395 g/mol. The lowest BCUT2D eigenvalue weighted by Gasteiger charge is -2.16. The van der Waals surface area contributed by atoms with Crippen LogP contribution in [-0.2, 0) is 0 Å². The van der Waals surface area contributed by atoms with Crippen molar-refractivity contribution < 1.29 is 15.0 Å². The fraction of sp³-hybridized carbons (Fsp3) is 0.286. The van der Waals surface area contributed by atoms with Gasteiger partial charge in [0.1, 0.15) is 5.69 Å². The maximum absolute atomic E-state index is 12.6. The minimum atomic E-state index is -0.494. The largest absolute Gasteiger partial charge is 0.394 e. The summed E-state index contributed by atoms with van der Waals surface area (Å²) >= 11 is 0. The van der Waals surface area contributed by atoms with Crippen LogP contribution in [0, 0.1) is 6.92 Å². The Morgan fingerprint density at radius 2 is 1.97 bits per heavy atom. The van der Waals surface area contributed by atoms with Crippen LogP contribution in [0.4, 0.5) is 5.95 Å². The van der Waals surface area contributed by atoms with Crippen LogP contribution in [-0.4, -0.2) is 50.3 Å². The Labute approximate surface area is 169 Å². The molecule has 8 nitrogen and oxygen atoms in total. The number of H-pyrrole nitrogens is 1. The number of anilines is 1. The van der Waals surface area contributed by atoms with E-state index in [1.165, 1.54) is 0 Å². The number of hydrogen-bond donors (Lipinski definition) is 5. The van der Waals surface area contributed by atoms with E-state index in [4.69, 9.17) is 0 Å². The zero-order valence-corrected chi connectivity index (χ0v) is 16.4. The summed E-state index contributed by atoms with van der Waals surface area (Å²) in [4.78, 5) is 24.3. The first kappa shape index (κ1) is 20.5. The number of benzene rings is 1. The molecule has 2 heterocycles. The van der Waals surface area contributed by atoms with E-state index in [2.05, 4.69) is 25.6 Å². The minimum Gasteiger partial charge on any atom is -0.394 e. The highest BCUT2D eigenvalue weighted by Gasteiger charge is 2.17. The van der Waals surface area contributed by atoms with E-state index in [0.717, 1.165) is 16.7 Å². The molecule has 0 saturated carbocycles. The van der Waals surface area contributed by atoms with Crippen molar-refractivity contribution in [3.8, 4) is 11.3 Å². The molecule has 8 heteroatoms. The van der Waals surface area contributed by atoms with Crippen LogP contribution in [0.1, 0.15) is 34.6 Å². The van der Waals surface area contributed by atoms with Gasteiger partial charge < -0.3 is 25.8 Å². The van der Waals surface area contributed by atoms with Gasteiger partial charge in [0.25, 0.3) is 5.91 Å². The molecular weight excluding hydrogens is 370 g/mol.